The number of aromatic nitrogens is 1. The fraction of sp³-hybridized carbons (Fsp3) is 0.158. The second-order valence-corrected chi connectivity index (χ2v) is 6.92. The minimum atomic E-state index is -0.708. The van der Waals surface area contributed by atoms with Gasteiger partial charge in [-0.15, -0.1) is 0 Å². The van der Waals surface area contributed by atoms with Crippen molar-refractivity contribution in [1.82, 2.24) is 4.57 Å². The quantitative estimate of drug-likeness (QED) is 0.359. The first-order chi connectivity index (χ1) is 13.4. The number of carbonyl (C=O) groups excluding carboxylic acids is 1. The van der Waals surface area contributed by atoms with Crippen LogP contribution in [0.4, 0.5) is 14.5 Å². The Bertz CT molecular complexity index is 1160. The van der Waals surface area contributed by atoms with Crippen molar-refractivity contribution in [3.63, 3.8) is 0 Å². The van der Waals surface area contributed by atoms with E-state index in [0.717, 1.165) is 17.4 Å². The zero-order valence-electron chi connectivity index (χ0n) is 14.8. The largest absolute Gasteiger partial charge is 0.314 e. The number of carbonyl (C=O) groups is 1. The highest BCUT2D eigenvalue weighted by Gasteiger charge is 2.13. The van der Waals surface area contributed by atoms with Crippen LogP contribution >= 0.6 is 11.3 Å². The van der Waals surface area contributed by atoms with Crippen molar-refractivity contribution < 1.29 is 18.5 Å². The average molecular weight is 403 g/mol. The molecule has 0 saturated carbocycles. The van der Waals surface area contributed by atoms with Gasteiger partial charge in [0.2, 0.25) is 0 Å². The van der Waals surface area contributed by atoms with Gasteiger partial charge in [-0.1, -0.05) is 30.4 Å². The zero-order chi connectivity index (χ0) is 20.3. The number of non-ortho nitro benzene ring substituents is 1. The molecule has 0 atom stereocenters. The summed E-state index contributed by atoms with van der Waals surface area (Å²) < 4.78 is 29.6. The summed E-state index contributed by atoms with van der Waals surface area (Å²) in [5.74, 6) is -2.01. The molecule has 1 aromatic heterocycles. The van der Waals surface area contributed by atoms with Crippen molar-refractivity contribution >= 4 is 39.2 Å². The fourth-order valence-corrected chi connectivity index (χ4v) is 3.79. The lowest BCUT2D eigenvalue weighted by Gasteiger charge is -2.03. The van der Waals surface area contributed by atoms with Crippen molar-refractivity contribution in [3.8, 4) is 0 Å². The summed E-state index contributed by atoms with van der Waals surface area (Å²) in [4.78, 5) is 26.8. The summed E-state index contributed by atoms with van der Waals surface area (Å²) in [6.07, 6.45) is 3.26. The van der Waals surface area contributed by atoms with Gasteiger partial charge in [-0.2, -0.15) is 4.99 Å². The van der Waals surface area contributed by atoms with E-state index in [2.05, 4.69) is 4.99 Å². The van der Waals surface area contributed by atoms with Crippen LogP contribution in [0.5, 0.6) is 0 Å². The van der Waals surface area contributed by atoms with Crippen LogP contribution in [0, 0.1) is 21.7 Å². The molecule has 0 N–H and O–H groups in total. The van der Waals surface area contributed by atoms with E-state index in [1.807, 2.05) is 6.92 Å². The second-order valence-electron chi connectivity index (χ2n) is 5.91. The third-order valence-corrected chi connectivity index (χ3v) is 4.87. The number of rotatable bonds is 5. The van der Waals surface area contributed by atoms with Gasteiger partial charge in [-0.25, -0.2) is 8.78 Å². The number of hydrogen-bond acceptors (Lipinski definition) is 4. The molecule has 3 aromatic rings. The van der Waals surface area contributed by atoms with Gasteiger partial charge in [0.25, 0.3) is 11.6 Å². The van der Waals surface area contributed by atoms with Crippen molar-refractivity contribution in [2.75, 3.05) is 0 Å². The number of nitrogens with zero attached hydrogens (tertiary/aromatic N) is 3. The zero-order valence-corrected chi connectivity index (χ0v) is 15.6. The number of nitro groups is 1. The van der Waals surface area contributed by atoms with Crippen molar-refractivity contribution in [1.29, 1.82) is 0 Å². The van der Waals surface area contributed by atoms with Crippen molar-refractivity contribution in [3.05, 3.63) is 74.6 Å². The summed E-state index contributed by atoms with van der Waals surface area (Å²) >= 11 is 1.02. The molecule has 0 aliphatic rings. The standard InChI is InChI=1S/C19H15F2N3O3S/c1-2-8-23-18-15(21)10-13(20)11-16(18)28-19(23)22-17(25)7-6-12-4-3-5-14(9-12)24(26)27/h3-7,9-11H,2,8H2,1H3/b7-6+,22-19?. The minimum absolute atomic E-state index is 0.0886. The molecule has 0 radical (unpaired) electrons. The molecule has 0 saturated heterocycles. The molecule has 0 aliphatic heterocycles. The highest BCUT2D eigenvalue weighted by atomic mass is 32.1. The summed E-state index contributed by atoms with van der Waals surface area (Å²) in [6, 6.07) is 7.82. The Morgan fingerprint density at radius 3 is 2.82 bits per heavy atom. The maximum Gasteiger partial charge on any atom is 0.272 e. The molecule has 0 spiro atoms. The van der Waals surface area contributed by atoms with Gasteiger partial charge in [-0.3, -0.25) is 14.9 Å². The molecule has 1 heterocycles. The summed E-state index contributed by atoms with van der Waals surface area (Å²) in [5, 5.41) is 10.8. The van der Waals surface area contributed by atoms with E-state index in [1.165, 1.54) is 36.4 Å². The summed E-state index contributed by atoms with van der Waals surface area (Å²) in [6.45, 7) is 2.31. The van der Waals surface area contributed by atoms with Crippen molar-refractivity contribution in [2.24, 2.45) is 4.99 Å². The first-order valence-electron chi connectivity index (χ1n) is 8.38. The predicted octanol–water partition coefficient (Wildman–Crippen LogP) is 4.44. The van der Waals surface area contributed by atoms with Crippen LogP contribution in [0.2, 0.25) is 0 Å². The SMILES string of the molecule is CCCn1c(=NC(=O)/C=C/c2cccc([N+](=O)[O-])c2)sc2cc(F)cc(F)c21. The molecular weight excluding hydrogens is 388 g/mol. The number of nitro benzene ring substituents is 1. The Labute approximate surface area is 162 Å². The second kappa shape index (κ2) is 8.22. The lowest BCUT2D eigenvalue weighted by Crippen LogP contribution is -2.16. The topological polar surface area (TPSA) is 77.5 Å². The van der Waals surface area contributed by atoms with E-state index in [1.54, 1.807) is 10.6 Å². The van der Waals surface area contributed by atoms with Crippen LogP contribution in [-0.2, 0) is 11.3 Å². The van der Waals surface area contributed by atoms with Gasteiger partial charge in [0, 0.05) is 30.8 Å². The molecule has 9 heteroatoms. The molecule has 0 unspecified atom stereocenters. The Balaban J connectivity index is 1.98. The van der Waals surface area contributed by atoms with E-state index in [4.69, 9.17) is 0 Å². The van der Waals surface area contributed by atoms with E-state index in [0.29, 0.717) is 23.2 Å². The minimum Gasteiger partial charge on any atom is -0.314 e. The number of thiazole rings is 1. The predicted molar refractivity (Wildman–Crippen MR) is 103 cm³/mol. The number of benzene rings is 2. The molecule has 1 amide bonds. The summed E-state index contributed by atoms with van der Waals surface area (Å²) in [5.41, 5.74) is 0.598. The molecule has 0 bridgehead atoms. The maximum absolute atomic E-state index is 14.2. The molecule has 6 nitrogen and oxygen atoms in total. The van der Waals surface area contributed by atoms with Crippen LogP contribution in [0.1, 0.15) is 18.9 Å². The number of fused-ring (bicyclic) bond motifs is 1. The third kappa shape index (κ3) is 4.20. The third-order valence-electron chi connectivity index (χ3n) is 3.85. The van der Waals surface area contributed by atoms with Crippen molar-refractivity contribution in [2.45, 2.75) is 19.9 Å². The number of amides is 1. The molecule has 2 aromatic carbocycles. The highest BCUT2D eigenvalue weighted by molar-refractivity contribution is 7.16. The van der Waals surface area contributed by atoms with Crippen LogP contribution in [0.15, 0.2) is 47.5 Å². The lowest BCUT2D eigenvalue weighted by atomic mass is 10.2. The lowest BCUT2D eigenvalue weighted by molar-refractivity contribution is -0.384. The van der Waals surface area contributed by atoms with Gasteiger partial charge < -0.3 is 4.57 Å². The Morgan fingerprint density at radius 1 is 1.32 bits per heavy atom. The smallest absolute Gasteiger partial charge is 0.272 e. The number of hydrogen-bond donors (Lipinski definition) is 0. The Kier molecular flexibility index (Phi) is 5.74. The molecule has 28 heavy (non-hydrogen) atoms. The fourth-order valence-electron chi connectivity index (χ4n) is 2.69. The molecule has 3 rings (SSSR count). The van der Waals surface area contributed by atoms with Crippen LogP contribution in [0.25, 0.3) is 16.3 Å². The van der Waals surface area contributed by atoms with Gasteiger partial charge in [0.05, 0.1) is 15.1 Å². The van der Waals surface area contributed by atoms with Crippen LogP contribution in [-0.4, -0.2) is 15.4 Å². The molecule has 0 fully saturated rings. The van der Waals surface area contributed by atoms with E-state index in [9.17, 15) is 23.7 Å². The van der Waals surface area contributed by atoms with Gasteiger partial charge in [0.1, 0.15) is 5.82 Å². The Hall–Kier alpha value is -3.20. The van der Waals surface area contributed by atoms with Gasteiger partial charge in [0.15, 0.2) is 10.6 Å². The summed E-state index contributed by atoms with van der Waals surface area (Å²) in [7, 11) is 0. The Morgan fingerprint density at radius 2 is 2.11 bits per heavy atom. The monoisotopic (exact) mass is 403 g/mol. The van der Waals surface area contributed by atoms with Crippen LogP contribution in [0.3, 0.4) is 0 Å². The number of aryl methyl sites for hydroxylation is 1. The maximum atomic E-state index is 14.2. The molecule has 0 aliphatic carbocycles. The normalized spacial score (nSPS) is 12.2. The van der Waals surface area contributed by atoms with E-state index >= 15 is 0 Å². The average Bonchev–Trinajstić information content (AvgIpc) is 2.97. The molecule has 144 valence electrons. The number of halogens is 2. The molecular formula is C19H15F2N3O3S. The van der Waals surface area contributed by atoms with E-state index < -0.39 is 22.5 Å². The van der Waals surface area contributed by atoms with Crippen LogP contribution < -0.4 is 4.80 Å². The van der Waals surface area contributed by atoms with Gasteiger partial charge >= 0.3 is 0 Å². The van der Waals surface area contributed by atoms with E-state index in [-0.39, 0.29) is 16.0 Å². The van der Waals surface area contributed by atoms with Gasteiger partial charge in [-0.05, 0) is 24.1 Å². The highest BCUT2D eigenvalue weighted by Crippen LogP contribution is 2.22. The first-order valence-corrected chi connectivity index (χ1v) is 9.20. The first kappa shape index (κ1) is 19.6.